The van der Waals surface area contributed by atoms with Crippen molar-refractivity contribution < 1.29 is 13.5 Å². The molecule has 1 atom stereocenters. The van der Waals surface area contributed by atoms with E-state index >= 15 is 0 Å². The molecule has 0 amide bonds. The van der Waals surface area contributed by atoms with Gasteiger partial charge in [0.2, 0.25) is 0 Å². The summed E-state index contributed by atoms with van der Waals surface area (Å²) in [7, 11) is -2.98. The van der Waals surface area contributed by atoms with Crippen LogP contribution in [0.1, 0.15) is 33.1 Å². The van der Waals surface area contributed by atoms with Gasteiger partial charge in [-0.25, -0.2) is 8.42 Å². The first-order valence-corrected chi connectivity index (χ1v) is 6.39. The maximum absolute atomic E-state index is 11.7. The zero-order valence-corrected chi connectivity index (χ0v) is 8.89. The average molecular weight is 204 g/mol. The number of sulfone groups is 1. The molecule has 1 unspecified atom stereocenters. The molecule has 0 aromatic rings. The Balaban J connectivity index is 2.35. The molecular weight excluding hydrogens is 188 g/mol. The molecule has 0 spiro atoms. The van der Waals surface area contributed by atoms with Crippen molar-refractivity contribution in [2.45, 2.75) is 43.5 Å². The molecule has 4 heteroatoms. The molecular formula is C9H16O3S. The smallest absolute Gasteiger partial charge is 0.155 e. The molecule has 2 fully saturated rings. The Labute approximate surface area is 79.1 Å². The van der Waals surface area contributed by atoms with E-state index in [0.717, 1.165) is 12.8 Å². The quantitative estimate of drug-likeness (QED) is 0.685. The Bertz CT molecular complexity index is 325. The van der Waals surface area contributed by atoms with Gasteiger partial charge in [-0.3, -0.25) is 0 Å². The second kappa shape index (κ2) is 2.28. The second-order valence-corrected chi connectivity index (χ2v) is 7.56. The minimum Gasteiger partial charge on any atom is -0.390 e. The Kier molecular flexibility index (Phi) is 1.66. The van der Waals surface area contributed by atoms with E-state index in [0.29, 0.717) is 6.42 Å². The molecule has 1 saturated carbocycles. The van der Waals surface area contributed by atoms with E-state index in [1.165, 1.54) is 0 Å². The molecule has 0 aromatic heterocycles. The Hall–Kier alpha value is -0.0900. The van der Waals surface area contributed by atoms with Crippen LogP contribution in [0, 0.1) is 5.92 Å². The molecule has 1 saturated heterocycles. The van der Waals surface area contributed by atoms with Crippen molar-refractivity contribution >= 4 is 9.84 Å². The molecule has 2 rings (SSSR count). The van der Waals surface area contributed by atoms with Crippen LogP contribution >= 0.6 is 0 Å². The van der Waals surface area contributed by atoms with Crippen molar-refractivity contribution in [1.29, 1.82) is 0 Å². The summed E-state index contributed by atoms with van der Waals surface area (Å²) in [6, 6.07) is 0. The lowest BCUT2D eigenvalue weighted by molar-refractivity contribution is 0.0678. The lowest BCUT2D eigenvalue weighted by Crippen LogP contribution is -2.40. The van der Waals surface area contributed by atoms with Crippen LogP contribution in [0.4, 0.5) is 0 Å². The third-order valence-corrected chi connectivity index (χ3v) is 6.39. The van der Waals surface area contributed by atoms with E-state index in [9.17, 15) is 13.5 Å². The van der Waals surface area contributed by atoms with Gasteiger partial charge in [-0.1, -0.05) is 0 Å². The third-order valence-electron chi connectivity index (χ3n) is 3.73. The van der Waals surface area contributed by atoms with Crippen LogP contribution in [0.2, 0.25) is 0 Å². The Morgan fingerprint density at radius 1 is 1.31 bits per heavy atom. The summed E-state index contributed by atoms with van der Waals surface area (Å²) in [6.45, 7) is 3.49. The zero-order valence-electron chi connectivity index (χ0n) is 8.08. The van der Waals surface area contributed by atoms with Crippen LogP contribution in [0.5, 0.6) is 0 Å². The summed E-state index contributed by atoms with van der Waals surface area (Å²) in [5.41, 5.74) is -0.660. The molecule has 1 N–H and O–H groups in total. The van der Waals surface area contributed by atoms with Gasteiger partial charge < -0.3 is 5.11 Å². The van der Waals surface area contributed by atoms with Crippen molar-refractivity contribution in [3.05, 3.63) is 0 Å². The predicted molar refractivity (Wildman–Crippen MR) is 50.2 cm³/mol. The molecule has 0 aromatic carbocycles. The first kappa shape index (κ1) is 9.46. The van der Waals surface area contributed by atoms with E-state index in [4.69, 9.17) is 0 Å². The number of hydrogen-bond donors (Lipinski definition) is 1. The van der Waals surface area contributed by atoms with Gasteiger partial charge in [0.05, 0.1) is 16.1 Å². The fourth-order valence-electron chi connectivity index (χ4n) is 2.49. The molecule has 13 heavy (non-hydrogen) atoms. The normalized spacial score (nSPS) is 38.8. The highest BCUT2D eigenvalue weighted by Gasteiger charge is 2.60. The minimum atomic E-state index is -2.98. The van der Waals surface area contributed by atoms with E-state index < -0.39 is 20.2 Å². The number of aliphatic hydroxyl groups is 1. The van der Waals surface area contributed by atoms with Gasteiger partial charge in [-0.15, -0.1) is 0 Å². The van der Waals surface area contributed by atoms with Crippen LogP contribution in [-0.4, -0.2) is 29.6 Å². The highest BCUT2D eigenvalue weighted by Crippen LogP contribution is 2.53. The third kappa shape index (κ3) is 1.15. The summed E-state index contributed by atoms with van der Waals surface area (Å²) in [5, 5.41) is 9.93. The summed E-state index contributed by atoms with van der Waals surface area (Å²) < 4.78 is 22.6. The fraction of sp³-hybridized carbons (Fsp3) is 1.00. The first-order valence-electron chi connectivity index (χ1n) is 4.74. The van der Waals surface area contributed by atoms with Gasteiger partial charge in [0, 0.05) is 5.92 Å². The molecule has 1 aliphatic carbocycles. The van der Waals surface area contributed by atoms with Gasteiger partial charge in [0.25, 0.3) is 0 Å². The van der Waals surface area contributed by atoms with E-state index in [-0.39, 0.29) is 11.7 Å². The van der Waals surface area contributed by atoms with Crippen molar-refractivity contribution in [2.75, 3.05) is 5.75 Å². The minimum absolute atomic E-state index is 0.0509. The van der Waals surface area contributed by atoms with E-state index in [1.807, 2.05) is 0 Å². The Morgan fingerprint density at radius 3 is 2.15 bits per heavy atom. The van der Waals surface area contributed by atoms with Crippen molar-refractivity contribution in [3.8, 4) is 0 Å². The fourth-order valence-corrected chi connectivity index (χ4v) is 4.34. The molecule has 3 nitrogen and oxygen atoms in total. The highest BCUT2D eigenvalue weighted by molar-refractivity contribution is 7.93. The van der Waals surface area contributed by atoms with E-state index in [2.05, 4.69) is 0 Å². The van der Waals surface area contributed by atoms with Crippen molar-refractivity contribution in [3.63, 3.8) is 0 Å². The molecule has 1 heterocycles. The van der Waals surface area contributed by atoms with Crippen molar-refractivity contribution in [2.24, 2.45) is 5.92 Å². The van der Waals surface area contributed by atoms with Crippen molar-refractivity contribution in [1.82, 2.24) is 0 Å². The van der Waals surface area contributed by atoms with Gasteiger partial charge in [0.15, 0.2) is 9.84 Å². The first-order chi connectivity index (χ1) is 5.80. The lowest BCUT2D eigenvalue weighted by atomic mass is 9.86. The summed E-state index contributed by atoms with van der Waals surface area (Å²) in [5.74, 6) is 0.192. The number of hydrogen-bond acceptors (Lipinski definition) is 3. The van der Waals surface area contributed by atoms with Crippen LogP contribution in [0.3, 0.4) is 0 Å². The van der Waals surface area contributed by atoms with Crippen LogP contribution in [0.25, 0.3) is 0 Å². The molecule has 2 aliphatic rings. The van der Waals surface area contributed by atoms with Crippen LogP contribution < -0.4 is 0 Å². The maximum Gasteiger partial charge on any atom is 0.155 e. The number of rotatable bonds is 1. The van der Waals surface area contributed by atoms with E-state index in [1.54, 1.807) is 13.8 Å². The predicted octanol–water partition coefficient (Wildman–Crippen LogP) is 0.725. The lowest BCUT2D eigenvalue weighted by Gasteiger charge is -2.29. The van der Waals surface area contributed by atoms with Gasteiger partial charge in [0.1, 0.15) is 0 Å². The van der Waals surface area contributed by atoms with Gasteiger partial charge in [-0.05, 0) is 33.1 Å². The largest absolute Gasteiger partial charge is 0.390 e. The summed E-state index contributed by atoms with van der Waals surface area (Å²) in [6.07, 6.45) is 2.18. The SMILES string of the molecule is CC1(C)C(C2(O)CC2)CCS1(=O)=O. The molecule has 0 bridgehead atoms. The molecule has 0 radical (unpaired) electrons. The maximum atomic E-state index is 11.7. The topological polar surface area (TPSA) is 54.4 Å². The molecule has 1 aliphatic heterocycles. The second-order valence-electron chi connectivity index (χ2n) is 4.87. The average Bonchev–Trinajstić information content (AvgIpc) is 2.62. The monoisotopic (exact) mass is 204 g/mol. The van der Waals surface area contributed by atoms with Crippen LogP contribution in [0.15, 0.2) is 0 Å². The Morgan fingerprint density at radius 2 is 1.85 bits per heavy atom. The molecule has 76 valence electrons. The van der Waals surface area contributed by atoms with Gasteiger partial charge >= 0.3 is 0 Å². The summed E-state index contributed by atoms with van der Waals surface area (Å²) in [4.78, 5) is 0. The van der Waals surface area contributed by atoms with Crippen LogP contribution in [-0.2, 0) is 9.84 Å². The van der Waals surface area contributed by atoms with Gasteiger partial charge in [-0.2, -0.15) is 0 Å². The standard InChI is InChI=1S/C9H16O3S/c1-8(2)7(9(10)4-5-9)3-6-13(8,11)12/h7,10H,3-6H2,1-2H3. The zero-order chi connectivity index (χ0) is 9.91. The summed E-state index contributed by atoms with van der Waals surface area (Å²) >= 11 is 0. The highest BCUT2D eigenvalue weighted by atomic mass is 32.2.